The van der Waals surface area contributed by atoms with Crippen molar-refractivity contribution in [2.45, 2.75) is 32.2 Å². The van der Waals surface area contributed by atoms with Crippen molar-refractivity contribution in [1.82, 2.24) is 0 Å². The second-order valence-electron chi connectivity index (χ2n) is 5.04. The van der Waals surface area contributed by atoms with Crippen molar-refractivity contribution in [1.29, 1.82) is 0 Å². The number of fused-ring (bicyclic) bond motifs is 4. The molecular weight excluding hydrogens is 232 g/mol. The van der Waals surface area contributed by atoms with Gasteiger partial charge in [0, 0.05) is 5.56 Å². The summed E-state index contributed by atoms with van der Waals surface area (Å²) in [4.78, 5) is 11.0. The molecular formula is C14H16O4. The Balaban J connectivity index is 2.15. The normalized spacial score (nSPS) is 25.5. The fourth-order valence-corrected chi connectivity index (χ4v) is 2.41. The van der Waals surface area contributed by atoms with Gasteiger partial charge in [0.05, 0.1) is 12.2 Å². The number of hydrogen-bond acceptors (Lipinski definition) is 4. The molecule has 1 aromatic carbocycles. The molecule has 2 heterocycles. The Morgan fingerprint density at radius 2 is 2.17 bits per heavy atom. The van der Waals surface area contributed by atoms with E-state index in [1.165, 1.54) is 0 Å². The van der Waals surface area contributed by atoms with Gasteiger partial charge < -0.3 is 14.2 Å². The molecule has 1 aromatic rings. The van der Waals surface area contributed by atoms with Crippen LogP contribution >= 0.6 is 0 Å². The molecule has 0 amide bonds. The van der Waals surface area contributed by atoms with E-state index in [1.54, 1.807) is 6.07 Å². The molecule has 4 nitrogen and oxygen atoms in total. The molecule has 0 N–H and O–H groups in total. The van der Waals surface area contributed by atoms with Gasteiger partial charge in [-0.2, -0.15) is 0 Å². The lowest BCUT2D eigenvalue weighted by molar-refractivity contribution is -0.0579. The van der Waals surface area contributed by atoms with E-state index in [2.05, 4.69) is 13.8 Å². The SMILES string of the molecule is CC(C)c1cc(C=O)cc2c1OCC1COC2O1. The predicted molar refractivity (Wildman–Crippen MR) is 65.0 cm³/mol. The first-order valence-electron chi connectivity index (χ1n) is 6.22. The molecule has 2 unspecified atom stereocenters. The molecule has 18 heavy (non-hydrogen) atoms. The number of rotatable bonds is 2. The fraction of sp³-hybridized carbons (Fsp3) is 0.500. The van der Waals surface area contributed by atoms with Gasteiger partial charge >= 0.3 is 0 Å². The van der Waals surface area contributed by atoms with Crippen molar-refractivity contribution < 1.29 is 19.0 Å². The van der Waals surface area contributed by atoms with Crippen LogP contribution in [-0.4, -0.2) is 25.6 Å². The molecule has 0 spiro atoms. The van der Waals surface area contributed by atoms with E-state index in [4.69, 9.17) is 14.2 Å². The smallest absolute Gasteiger partial charge is 0.188 e. The van der Waals surface area contributed by atoms with Crippen LogP contribution in [0.15, 0.2) is 12.1 Å². The minimum atomic E-state index is -0.398. The molecule has 0 saturated carbocycles. The number of carbonyl (C=O) groups is 1. The van der Waals surface area contributed by atoms with Crippen molar-refractivity contribution >= 4 is 6.29 Å². The van der Waals surface area contributed by atoms with Gasteiger partial charge in [-0.05, 0) is 23.6 Å². The van der Waals surface area contributed by atoms with Gasteiger partial charge in [-0.15, -0.1) is 0 Å². The highest BCUT2D eigenvalue weighted by molar-refractivity contribution is 5.77. The fourth-order valence-electron chi connectivity index (χ4n) is 2.41. The molecule has 0 radical (unpaired) electrons. The number of aldehydes is 1. The number of carbonyl (C=O) groups excluding carboxylic acids is 1. The van der Waals surface area contributed by atoms with E-state index in [9.17, 15) is 4.79 Å². The summed E-state index contributed by atoms with van der Waals surface area (Å²) in [6.07, 6.45) is 0.440. The van der Waals surface area contributed by atoms with Crippen LogP contribution < -0.4 is 4.74 Å². The Bertz CT molecular complexity index is 481. The lowest BCUT2D eigenvalue weighted by Crippen LogP contribution is -2.19. The Hall–Kier alpha value is -1.39. The standard InChI is InChI=1S/C14H16O4/c1-8(2)11-3-9(5-15)4-12-13(11)16-6-10-7-17-14(12)18-10/h3-5,8,10,14H,6-7H2,1-2H3. The van der Waals surface area contributed by atoms with Gasteiger partial charge in [-0.25, -0.2) is 0 Å². The number of hydrogen-bond donors (Lipinski definition) is 0. The van der Waals surface area contributed by atoms with Crippen molar-refractivity contribution in [3.05, 3.63) is 28.8 Å². The molecule has 3 rings (SSSR count). The molecule has 0 aliphatic carbocycles. The molecule has 2 bridgehead atoms. The molecule has 1 fully saturated rings. The van der Waals surface area contributed by atoms with Gasteiger partial charge in [0.25, 0.3) is 0 Å². The van der Waals surface area contributed by atoms with Crippen molar-refractivity contribution in [3.63, 3.8) is 0 Å². The average Bonchev–Trinajstić information content (AvgIpc) is 2.75. The Morgan fingerprint density at radius 3 is 2.89 bits per heavy atom. The highest BCUT2D eigenvalue weighted by Crippen LogP contribution is 2.41. The molecule has 2 atom stereocenters. The van der Waals surface area contributed by atoms with E-state index < -0.39 is 6.29 Å². The quantitative estimate of drug-likeness (QED) is 0.754. The minimum Gasteiger partial charge on any atom is -0.490 e. The third-order valence-corrected chi connectivity index (χ3v) is 3.34. The highest BCUT2D eigenvalue weighted by atomic mass is 16.7. The summed E-state index contributed by atoms with van der Waals surface area (Å²) < 4.78 is 17.2. The summed E-state index contributed by atoms with van der Waals surface area (Å²) in [5, 5.41) is 0. The van der Waals surface area contributed by atoms with E-state index in [0.717, 1.165) is 23.2 Å². The highest BCUT2D eigenvalue weighted by Gasteiger charge is 2.35. The van der Waals surface area contributed by atoms with Crippen LogP contribution in [0.25, 0.3) is 0 Å². The molecule has 1 saturated heterocycles. The van der Waals surface area contributed by atoms with E-state index in [0.29, 0.717) is 18.8 Å². The molecule has 2 aliphatic rings. The van der Waals surface area contributed by atoms with Gasteiger partial charge in [-0.1, -0.05) is 13.8 Å². The van der Waals surface area contributed by atoms with Crippen LogP contribution in [0.2, 0.25) is 0 Å². The maximum absolute atomic E-state index is 11.0. The van der Waals surface area contributed by atoms with Gasteiger partial charge in [0.1, 0.15) is 24.7 Å². The van der Waals surface area contributed by atoms with Crippen LogP contribution in [0.1, 0.15) is 47.5 Å². The summed E-state index contributed by atoms with van der Waals surface area (Å²) >= 11 is 0. The first-order valence-corrected chi connectivity index (χ1v) is 6.22. The van der Waals surface area contributed by atoms with E-state index in [1.807, 2.05) is 6.07 Å². The number of ether oxygens (including phenoxy) is 3. The first-order chi connectivity index (χ1) is 8.69. The summed E-state index contributed by atoms with van der Waals surface area (Å²) in [7, 11) is 0. The summed E-state index contributed by atoms with van der Waals surface area (Å²) in [5.74, 6) is 1.11. The predicted octanol–water partition coefficient (Wildman–Crippen LogP) is 2.43. The topological polar surface area (TPSA) is 44.8 Å². The zero-order chi connectivity index (χ0) is 12.7. The monoisotopic (exact) mass is 248 g/mol. The van der Waals surface area contributed by atoms with Crippen LogP contribution in [0.4, 0.5) is 0 Å². The average molecular weight is 248 g/mol. The molecule has 0 aromatic heterocycles. The lowest BCUT2D eigenvalue weighted by atomic mass is 9.96. The van der Waals surface area contributed by atoms with Gasteiger partial charge in [-0.3, -0.25) is 4.79 Å². The van der Waals surface area contributed by atoms with Gasteiger partial charge in [0.2, 0.25) is 0 Å². The maximum atomic E-state index is 11.0. The summed E-state index contributed by atoms with van der Waals surface area (Å²) in [6.45, 7) is 5.22. The van der Waals surface area contributed by atoms with Crippen molar-refractivity contribution in [3.8, 4) is 5.75 Å². The Kier molecular flexibility index (Phi) is 2.84. The molecule has 96 valence electrons. The van der Waals surface area contributed by atoms with E-state index >= 15 is 0 Å². The first kappa shape index (κ1) is 11.7. The molecule has 2 aliphatic heterocycles. The van der Waals surface area contributed by atoms with E-state index in [-0.39, 0.29) is 12.0 Å². The van der Waals surface area contributed by atoms with Crippen LogP contribution in [-0.2, 0) is 9.47 Å². The minimum absolute atomic E-state index is 0.0120. The summed E-state index contributed by atoms with van der Waals surface area (Å²) in [6, 6.07) is 3.68. The van der Waals surface area contributed by atoms with Crippen molar-refractivity contribution in [2.75, 3.05) is 13.2 Å². The zero-order valence-electron chi connectivity index (χ0n) is 10.5. The van der Waals surface area contributed by atoms with Crippen molar-refractivity contribution in [2.24, 2.45) is 0 Å². The zero-order valence-corrected chi connectivity index (χ0v) is 10.5. The third-order valence-electron chi connectivity index (χ3n) is 3.34. The van der Waals surface area contributed by atoms with Crippen LogP contribution in [0, 0.1) is 0 Å². The van der Waals surface area contributed by atoms with Gasteiger partial charge in [0.15, 0.2) is 6.29 Å². The Morgan fingerprint density at radius 1 is 1.33 bits per heavy atom. The second-order valence-corrected chi connectivity index (χ2v) is 5.04. The maximum Gasteiger partial charge on any atom is 0.188 e. The molecule has 4 heteroatoms. The van der Waals surface area contributed by atoms with Crippen LogP contribution in [0.5, 0.6) is 5.75 Å². The lowest BCUT2D eigenvalue weighted by Gasteiger charge is -2.19. The Labute approximate surface area is 106 Å². The third kappa shape index (κ3) is 1.82. The largest absolute Gasteiger partial charge is 0.490 e. The summed E-state index contributed by atoms with van der Waals surface area (Å²) in [5.41, 5.74) is 2.51. The number of benzene rings is 1. The van der Waals surface area contributed by atoms with Crippen LogP contribution in [0.3, 0.4) is 0 Å². The second kappa shape index (κ2) is 4.37.